The van der Waals surface area contributed by atoms with Crippen LogP contribution < -0.4 is 5.32 Å². The lowest BCUT2D eigenvalue weighted by molar-refractivity contribution is -0.119. The Bertz CT molecular complexity index is 531. The number of hydrogen-bond acceptors (Lipinski definition) is 4. The van der Waals surface area contributed by atoms with Gasteiger partial charge in [-0.05, 0) is 32.6 Å². The molecule has 2 aliphatic rings. The Morgan fingerprint density at radius 2 is 2.04 bits per heavy atom. The Morgan fingerprint density at radius 3 is 2.71 bits per heavy atom. The molecule has 2 heterocycles. The van der Waals surface area contributed by atoms with E-state index in [-0.39, 0.29) is 11.8 Å². The van der Waals surface area contributed by atoms with Crippen LogP contribution in [0, 0.1) is 5.92 Å². The number of nitrogens with one attached hydrogen (secondary N) is 1. The van der Waals surface area contributed by atoms with Crippen molar-refractivity contribution in [3.8, 4) is 0 Å². The van der Waals surface area contributed by atoms with Crippen molar-refractivity contribution in [1.29, 1.82) is 0 Å². The maximum absolute atomic E-state index is 12.4. The van der Waals surface area contributed by atoms with Crippen LogP contribution in [0.4, 0.5) is 5.82 Å². The summed E-state index contributed by atoms with van der Waals surface area (Å²) in [5.74, 6) is 1.21. The first kappa shape index (κ1) is 17.4. The van der Waals surface area contributed by atoms with Crippen LogP contribution in [0.5, 0.6) is 0 Å². The van der Waals surface area contributed by atoms with Crippen LogP contribution >= 0.6 is 0 Å². The number of likely N-dealkylation sites (tertiary alicyclic amines) is 1. The van der Waals surface area contributed by atoms with E-state index in [9.17, 15) is 4.79 Å². The lowest BCUT2D eigenvalue weighted by Gasteiger charge is -2.36. The minimum atomic E-state index is 0.167. The summed E-state index contributed by atoms with van der Waals surface area (Å²) in [4.78, 5) is 14.9. The molecule has 6 nitrogen and oxygen atoms in total. The number of carbonyl (C=O) groups excluding carboxylic acids is 1. The number of hydrogen-bond donors (Lipinski definition) is 1. The lowest BCUT2D eigenvalue weighted by Crippen LogP contribution is -2.42. The maximum atomic E-state index is 12.4. The van der Waals surface area contributed by atoms with Crippen LogP contribution in [0.3, 0.4) is 0 Å². The first-order chi connectivity index (χ1) is 11.7. The molecular weight excluding hydrogens is 304 g/mol. The number of ether oxygens (including phenoxy) is 1. The fourth-order valence-electron chi connectivity index (χ4n) is 4.04. The summed E-state index contributed by atoms with van der Waals surface area (Å²) >= 11 is 0. The molecule has 1 aliphatic carbocycles. The minimum absolute atomic E-state index is 0.167. The summed E-state index contributed by atoms with van der Waals surface area (Å²) < 4.78 is 7.28. The SMILES string of the molecule is COC[C@@H](C)N1CCC(n2nccc2NC(=O)C2CCCC2)CC1. The third-order valence-corrected chi connectivity index (χ3v) is 5.52. The molecule has 6 heteroatoms. The van der Waals surface area contributed by atoms with Gasteiger partial charge in [-0.1, -0.05) is 12.8 Å². The van der Waals surface area contributed by atoms with E-state index in [0.29, 0.717) is 12.1 Å². The zero-order valence-corrected chi connectivity index (χ0v) is 14.9. The Hall–Kier alpha value is -1.40. The Labute approximate surface area is 144 Å². The molecule has 1 aromatic rings. The second-order valence-corrected chi connectivity index (χ2v) is 7.20. The molecule has 0 unspecified atom stereocenters. The topological polar surface area (TPSA) is 59.4 Å². The Balaban J connectivity index is 1.56. The van der Waals surface area contributed by atoms with Gasteiger partial charge in [0, 0.05) is 38.2 Å². The smallest absolute Gasteiger partial charge is 0.228 e. The first-order valence-electron chi connectivity index (χ1n) is 9.26. The molecule has 24 heavy (non-hydrogen) atoms. The van der Waals surface area contributed by atoms with Gasteiger partial charge >= 0.3 is 0 Å². The second kappa shape index (κ2) is 8.12. The zero-order chi connectivity index (χ0) is 16.9. The highest BCUT2D eigenvalue weighted by molar-refractivity contribution is 5.91. The molecule has 0 bridgehead atoms. The second-order valence-electron chi connectivity index (χ2n) is 7.20. The van der Waals surface area contributed by atoms with Gasteiger partial charge in [-0.15, -0.1) is 0 Å². The van der Waals surface area contributed by atoms with Crippen LogP contribution in [0.25, 0.3) is 0 Å². The molecule has 1 atom stereocenters. The van der Waals surface area contributed by atoms with Crippen molar-refractivity contribution < 1.29 is 9.53 Å². The number of nitrogens with zero attached hydrogens (tertiary/aromatic N) is 3. The van der Waals surface area contributed by atoms with Crippen molar-refractivity contribution in [2.45, 2.75) is 57.5 Å². The van der Waals surface area contributed by atoms with Gasteiger partial charge in [0.15, 0.2) is 0 Å². The van der Waals surface area contributed by atoms with Crippen LogP contribution in [0.2, 0.25) is 0 Å². The molecule has 1 N–H and O–H groups in total. The molecule has 1 saturated heterocycles. The Morgan fingerprint density at radius 1 is 1.33 bits per heavy atom. The van der Waals surface area contributed by atoms with E-state index in [1.807, 2.05) is 10.7 Å². The standard InChI is InChI=1S/C18H30N4O2/c1-14(13-24-2)21-11-8-16(9-12-21)22-17(7-10-19-22)20-18(23)15-5-3-4-6-15/h7,10,14-16H,3-6,8-9,11-13H2,1-2H3,(H,20,23)/t14-/m1/s1. The Kier molecular flexibility index (Phi) is 5.89. The molecule has 1 amide bonds. The monoisotopic (exact) mass is 334 g/mol. The summed E-state index contributed by atoms with van der Waals surface area (Å²) in [5, 5.41) is 7.60. The van der Waals surface area contributed by atoms with Crippen molar-refractivity contribution in [1.82, 2.24) is 14.7 Å². The predicted octanol–water partition coefficient (Wildman–Crippen LogP) is 2.68. The van der Waals surface area contributed by atoms with Crippen molar-refractivity contribution in [2.75, 3.05) is 32.1 Å². The molecule has 1 aromatic heterocycles. The van der Waals surface area contributed by atoms with Crippen molar-refractivity contribution >= 4 is 11.7 Å². The molecule has 3 rings (SSSR count). The van der Waals surface area contributed by atoms with Crippen LogP contribution in [0.15, 0.2) is 12.3 Å². The quantitative estimate of drug-likeness (QED) is 0.869. The van der Waals surface area contributed by atoms with E-state index in [2.05, 4.69) is 22.2 Å². The fourth-order valence-corrected chi connectivity index (χ4v) is 4.04. The number of rotatable bonds is 6. The normalized spacial score (nSPS) is 21.9. The number of methoxy groups -OCH3 is 1. The predicted molar refractivity (Wildman–Crippen MR) is 94.0 cm³/mol. The average Bonchev–Trinajstić information content (AvgIpc) is 3.27. The van der Waals surface area contributed by atoms with Gasteiger partial charge in [0.25, 0.3) is 0 Å². The number of carbonyl (C=O) groups is 1. The number of piperidine rings is 1. The highest BCUT2D eigenvalue weighted by Crippen LogP contribution is 2.29. The van der Waals surface area contributed by atoms with E-state index >= 15 is 0 Å². The average molecular weight is 334 g/mol. The van der Waals surface area contributed by atoms with E-state index < -0.39 is 0 Å². The van der Waals surface area contributed by atoms with Crippen LogP contribution in [0.1, 0.15) is 51.5 Å². The summed E-state index contributed by atoms with van der Waals surface area (Å²) in [6, 6.07) is 2.74. The van der Waals surface area contributed by atoms with Crippen LogP contribution in [-0.4, -0.2) is 53.4 Å². The third kappa shape index (κ3) is 3.98. The van der Waals surface area contributed by atoms with Crippen molar-refractivity contribution in [3.05, 3.63) is 12.3 Å². The zero-order valence-electron chi connectivity index (χ0n) is 14.9. The van der Waals surface area contributed by atoms with E-state index in [4.69, 9.17) is 4.74 Å². The lowest BCUT2D eigenvalue weighted by atomic mass is 10.0. The van der Waals surface area contributed by atoms with Gasteiger partial charge in [0.2, 0.25) is 5.91 Å². The van der Waals surface area contributed by atoms with E-state index in [1.54, 1.807) is 13.3 Å². The fraction of sp³-hybridized carbons (Fsp3) is 0.778. The van der Waals surface area contributed by atoms with Gasteiger partial charge in [-0.3, -0.25) is 9.69 Å². The summed E-state index contributed by atoms with van der Waals surface area (Å²) in [5.41, 5.74) is 0. The van der Waals surface area contributed by atoms with Gasteiger partial charge in [-0.25, -0.2) is 4.68 Å². The molecular formula is C18H30N4O2. The number of amides is 1. The summed E-state index contributed by atoms with van der Waals surface area (Å²) in [6.07, 6.45) is 8.31. The molecule has 1 aliphatic heterocycles. The van der Waals surface area contributed by atoms with Gasteiger partial charge < -0.3 is 10.1 Å². The van der Waals surface area contributed by atoms with Gasteiger partial charge in [0.1, 0.15) is 5.82 Å². The molecule has 0 spiro atoms. The van der Waals surface area contributed by atoms with Gasteiger partial charge in [0.05, 0.1) is 18.8 Å². The summed E-state index contributed by atoms with van der Waals surface area (Å²) in [7, 11) is 1.76. The molecule has 0 radical (unpaired) electrons. The maximum Gasteiger partial charge on any atom is 0.228 e. The molecule has 2 fully saturated rings. The molecule has 134 valence electrons. The number of aromatic nitrogens is 2. The summed E-state index contributed by atoms with van der Waals surface area (Å²) in [6.45, 7) is 5.08. The van der Waals surface area contributed by atoms with E-state index in [0.717, 1.165) is 51.2 Å². The van der Waals surface area contributed by atoms with E-state index in [1.165, 1.54) is 12.8 Å². The number of anilines is 1. The third-order valence-electron chi connectivity index (χ3n) is 5.52. The largest absolute Gasteiger partial charge is 0.383 e. The highest BCUT2D eigenvalue weighted by Gasteiger charge is 2.27. The minimum Gasteiger partial charge on any atom is -0.383 e. The highest BCUT2D eigenvalue weighted by atomic mass is 16.5. The van der Waals surface area contributed by atoms with Crippen molar-refractivity contribution in [2.24, 2.45) is 5.92 Å². The van der Waals surface area contributed by atoms with Crippen LogP contribution in [-0.2, 0) is 9.53 Å². The molecule has 1 saturated carbocycles. The van der Waals surface area contributed by atoms with Gasteiger partial charge in [-0.2, -0.15) is 5.10 Å². The van der Waals surface area contributed by atoms with Crippen molar-refractivity contribution in [3.63, 3.8) is 0 Å². The first-order valence-corrected chi connectivity index (χ1v) is 9.26. The molecule has 0 aromatic carbocycles.